The lowest BCUT2D eigenvalue weighted by molar-refractivity contribution is -0.178. The second kappa shape index (κ2) is 8.98. The van der Waals surface area contributed by atoms with Crippen molar-refractivity contribution in [3.05, 3.63) is 42.0 Å². The first-order chi connectivity index (χ1) is 15.0. The van der Waals surface area contributed by atoms with Gasteiger partial charge in [0.2, 0.25) is 10.0 Å². The lowest BCUT2D eigenvalue weighted by atomic mass is 9.58. The molecule has 1 saturated carbocycles. The monoisotopic (exact) mass is 463 g/mol. The van der Waals surface area contributed by atoms with Gasteiger partial charge in [-0.15, -0.1) is 0 Å². The van der Waals surface area contributed by atoms with Gasteiger partial charge in [-0.3, -0.25) is 9.59 Å². The minimum Gasteiger partial charge on any atom is -0.465 e. The lowest BCUT2D eigenvalue weighted by Crippen LogP contribution is -2.64. The number of benzene rings is 1. The summed E-state index contributed by atoms with van der Waals surface area (Å²) in [6.07, 6.45) is 1.52. The summed E-state index contributed by atoms with van der Waals surface area (Å²) < 4.78 is 39.5. The van der Waals surface area contributed by atoms with Gasteiger partial charge in [-0.25, -0.2) is 8.42 Å². The molecule has 0 unspecified atom stereocenters. The van der Waals surface area contributed by atoms with E-state index in [1.807, 2.05) is 13.8 Å². The minimum absolute atomic E-state index is 0.00750. The Morgan fingerprint density at radius 3 is 2.22 bits per heavy atom. The number of esters is 2. The molecule has 8 heteroatoms. The van der Waals surface area contributed by atoms with E-state index in [2.05, 4.69) is 6.58 Å². The zero-order chi connectivity index (χ0) is 23.7. The number of rotatable bonds is 6. The number of carbonyl (C=O) groups excluding carboxylic acids is 2. The van der Waals surface area contributed by atoms with E-state index < -0.39 is 32.9 Å². The number of nitrogens with zero attached hydrogens (tertiary/aromatic N) is 1. The van der Waals surface area contributed by atoms with Gasteiger partial charge in [0, 0.05) is 12.1 Å². The fourth-order valence-corrected chi connectivity index (χ4v) is 7.21. The summed E-state index contributed by atoms with van der Waals surface area (Å²) in [5.74, 6) is -1.54. The molecule has 1 aliphatic carbocycles. The molecule has 1 aliphatic heterocycles. The summed E-state index contributed by atoms with van der Waals surface area (Å²) in [5.41, 5.74) is -0.992. The van der Waals surface area contributed by atoms with Crippen molar-refractivity contribution in [1.29, 1.82) is 0 Å². The predicted molar refractivity (Wildman–Crippen MR) is 120 cm³/mol. The lowest BCUT2D eigenvalue weighted by Gasteiger charge is -2.56. The normalized spacial score (nSPS) is 25.6. The molecule has 2 aliphatic rings. The molecule has 0 N–H and O–H groups in total. The minimum atomic E-state index is -3.87. The van der Waals surface area contributed by atoms with Crippen LogP contribution in [-0.4, -0.2) is 50.0 Å². The van der Waals surface area contributed by atoms with Crippen molar-refractivity contribution in [3.63, 3.8) is 0 Å². The van der Waals surface area contributed by atoms with Gasteiger partial charge in [0.15, 0.2) is 5.41 Å². The Morgan fingerprint density at radius 2 is 1.69 bits per heavy atom. The van der Waals surface area contributed by atoms with Gasteiger partial charge < -0.3 is 9.47 Å². The summed E-state index contributed by atoms with van der Waals surface area (Å²) in [7, 11) is -3.87. The van der Waals surface area contributed by atoms with Crippen molar-refractivity contribution in [1.82, 2.24) is 4.31 Å². The molecule has 0 amide bonds. The third kappa shape index (κ3) is 3.99. The molecular weight excluding hydrogens is 430 g/mol. The van der Waals surface area contributed by atoms with Crippen LogP contribution < -0.4 is 0 Å². The molecular formula is C24H33NO6S. The molecule has 176 valence electrons. The SMILES string of the molecule is C=C1CC(C(=O)OCC)(C(=O)OCC)C[C@]2(C)[C@@H]1CCCN2S(=O)(=O)c1ccc(C)cc1. The van der Waals surface area contributed by atoms with E-state index >= 15 is 0 Å². The van der Waals surface area contributed by atoms with Crippen molar-refractivity contribution >= 4 is 22.0 Å². The van der Waals surface area contributed by atoms with Gasteiger partial charge in [-0.1, -0.05) is 29.8 Å². The largest absolute Gasteiger partial charge is 0.465 e. The fourth-order valence-electron chi connectivity index (χ4n) is 5.36. The summed E-state index contributed by atoms with van der Waals surface area (Å²) in [6, 6.07) is 6.72. The second-order valence-corrected chi connectivity index (χ2v) is 10.8. The third-order valence-corrected chi connectivity index (χ3v) is 8.84. The number of aryl methyl sites for hydroxylation is 1. The Kier molecular flexibility index (Phi) is 6.86. The molecule has 2 atom stereocenters. The predicted octanol–water partition coefficient (Wildman–Crippen LogP) is 3.62. The molecule has 3 rings (SSSR count). The Bertz CT molecular complexity index is 982. The van der Waals surface area contributed by atoms with Crippen molar-refractivity contribution in [2.75, 3.05) is 19.8 Å². The van der Waals surface area contributed by atoms with Gasteiger partial charge in [0.1, 0.15) is 0 Å². The van der Waals surface area contributed by atoms with Crippen LogP contribution >= 0.6 is 0 Å². The van der Waals surface area contributed by atoms with E-state index in [0.29, 0.717) is 18.5 Å². The Hall–Kier alpha value is -2.19. The van der Waals surface area contributed by atoms with Crippen molar-refractivity contribution in [2.45, 2.75) is 63.8 Å². The maximum Gasteiger partial charge on any atom is 0.323 e. The quantitative estimate of drug-likeness (QED) is 0.364. The van der Waals surface area contributed by atoms with E-state index in [-0.39, 0.29) is 36.9 Å². The van der Waals surface area contributed by atoms with Gasteiger partial charge in [-0.05, 0) is 71.4 Å². The molecule has 0 spiro atoms. The van der Waals surface area contributed by atoms with Crippen LogP contribution in [0.2, 0.25) is 0 Å². The van der Waals surface area contributed by atoms with Crippen LogP contribution in [0.5, 0.6) is 0 Å². The number of hydrogen-bond donors (Lipinski definition) is 0. The number of ether oxygens (including phenoxy) is 2. The van der Waals surface area contributed by atoms with Crippen LogP contribution in [0.3, 0.4) is 0 Å². The number of hydrogen-bond acceptors (Lipinski definition) is 6. The summed E-state index contributed by atoms with van der Waals surface area (Å²) >= 11 is 0. The number of sulfonamides is 1. The zero-order valence-electron chi connectivity index (χ0n) is 19.3. The van der Waals surface area contributed by atoms with Crippen LogP contribution in [0.1, 0.15) is 52.0 Å². The summed E-state index contributed by atoms with van der Waals surface area (Å²) in [5, 5.41) is 0. The standard InChI is InChI=1S/C24H33NO6S/c1-6-30-21(26)24(22(27)31-7-2)15-18(4)20-9-8-14-25(23(20,5)16-24)32(28,29)19-12-10-17(3)11-13-19/h10-13,20H,4,6-9,14-16H2,1-3,5H3/t20-,23-/m1/s1. The summed E-state index contributed by atoms with van der Waals surface area (Å²) in [4.78, 5) is 26.5. The molecule has 1 heterocycles. The highest BCUT2D eigenvalue weighted by atomic mass is 32.2. The number of fused-ring (bicyclic) bond motifs is 1. The molecule has 0 aromatic heterocycles. The smallest absolute Gasteiger partial charge is 0.323 e. The first kappa shape index (κ1) is 24.5. The van der Waals surface area contributed by atoms with E-state index in [9.17, 15) is 18.0 Å². The molecule has 0 radical (unpaired) electrons. The van der Waals surface area contributed by atoms with Gasteiger partial charge in [-0.2, -0.15) is 4.31 Å². The number of piperidine rings is 1. The fraction of sp³-hybridized carbons (Fsp3) is 0.583. The van der Waals surface area contributed by atoms with Gasteiger partial charge >= 0.3 is 11.9 Å². The topological polar surface area (TPSA) is 90.0 Å². The van der Waals surface area contributed by atoms with Crippen LogP contribution in [0.25, 0.3) is 0 Å². The second-order valence-electron chi connectivity index (χ2n) is 8.98. The van der Waals surface area contributed by atoms with E-state index in [1.165, 1.54) is 4.31 Å². The van der Waals surface area contributed by atoms with Crippen LogP contribution in [0.15, 0.2) is 41.3 Å². The maximum atomic E-state index is 13.7. The molecule has 1 aromatic rings. The van der Waals surface area contributed by atoms with E-state index in [4.69, 9.17) is 9.47 Å². The van der Waals surface area contributed by atoms with Crippen molar-refractivity contribution in [3.8, 4) is 0 Å². The van der Waals surface area contributed by atoms with Crippen molar-refractivity contribution in [2.24, 2.45) is 11.3 Å². The Balaban J connectivity index is 2.12. The van der Waals surface area contributed by atoms with E-state index in [1.54, 1.807) is 38.1 Å². The van der Waals surface area contributed by atoms with Crippen LogP contribution in [-0.2, 0) is 29.1 Å². The Morgan fingerprint density at radius 1 is 1.12 bits per heavy atom. The first-order valence-corrected chi connectivity index (χ1v) is 12.6. The van der Waals surface area contributed by atoms with Crippen molar-refractivity contribution < 1.29 is 27.5 Å². The average molecular weight is 464 g/mol. The maximum absolute atomic E-state index is 13.7. The van der Waals surface area contributed by atoms with E-state index in [0.717, 1.165) is 12.0 Å². The van der Waals surface area contributed by atoms with Crippen LogP contribution in [0, 0.1) is 18.3 Å². The molecule has 7 nitrogen and oxygen atoms in total. The molecule has 32 heavy (non-hydrogen) atoms. The Labute approximate surface area is 190 Å². The molecule has 0 bridgehead atoms. The average Bonchev–Trinajstić information content (AvgIpc) is 2.73. The van der Waals surface area contributed by atoms with Crippen LogP contribution in [0.4, 0.5) is 0 Å². The summed E-state index contributed by atoms with van der Waals surface area (Å²) in [6.45, 7) is 11.8. The highest BCUT2D eigenvalue weighted by molar-refractivity contribution is 7.89. The highest BCUT2D eigenvalue weighted by Crippen LogP contribution is 2.55. The molecule has 2 fully saturated rings. The zero-order valence-corrected chi connectivity index (χ0v) is 20.2. The third-order valence-electron chi connectivity index (χ3n) is 6.80. The molecule has 1 aromatic carbocycles. The highest BCUT2D eigenvalue weighted by Gasteiger charge is 2.63. The van der Waals surface area contributed by atoms with Gasteiger partial charge in [0.05, 0.1) is 18.1 Å². The molecule has 1 saturated heterocycles. The van der Waals surface area contributed by atoms with Gasteiger partial charge in [0.25, 0.3) is 0 Å². The first-order valence-electron chi connectivity index (χ1n) is 11.1. The number of carbonyl (C=O) groups is 2.